The largest absolute Gasteiger partial charge is 0.491 e. The number of hydrogen-bond donors (Lipinski definition) is 2. The van der Waals surface area contributed by atoms with Gasteiger partial charge in [0.15, 0.2) is 5.78 Å². The van der Waals surface area contributed by atoms with E-state index in [-0.39, 0.29) is 24.4 Å². The highest BCUT2D eigenvalue weighted by Crippen LogP contribution is 2.32. The minimum atomic E-state index is -1.09. The van der Waals surface area contributed by atoms with E-state index >= 15 is 0 Å². The molecule has 118 valence electrons. The summed E-state index contributed by atoms with van der Waals surface area (Å²) < 4.78 is 19.1. The lowest BCUT2D eigenvalue weighted by molar-refractivity contribution is -0.00458. The molecule has 0 saturated heterocycles. The van der Waals surface area contributed by atoms with Gasteiger partial charge in [-0.1, -0.05) is 19.3 Å². The molecular weight excluding hydrogens is 286 g/mol. The van der Waals surface area contributed by atoms with Crippen molar-refractivity contribution in [1.82, 2.24) is 0 Å². The van der Waals surface area contributed by atoms with Crippen molar-refractivity contribution in [3.63, 3.8) is 0 Å². The van der Waals surface area contributed by atoms with Gasteiger partial charge in [0.25, 0.3) is 0 Å². The Morgan fingerprint density at radius 3 is 2.77 bits per heavy atom. The highest BCUT2D eigenvalue weighted by Gasteiger charge is 2.32. The van der Waals surface area contributed by atoms with E-state index in [1.165, 1.54) is 12.1 Å². The van der Waals surface area contributed by atoms with Gasteiger partial charge in [0, 0.05) is 6.42 Å². The van der Waals surface area contributed by atoms with E-state index in [4.69, 9.17) is 4.65 Å². The first kappa shape index (κ1) is 15.7. The van der Waals surface area contributed by atoms with Crippen LogP contribution in [0.25, 0.3) is 0 Å². The molecule has 0 aromatic heterocycles. The smallest absolute Gasteiger partial charge is 0.423 e. The van der Waals surface area contributed by atoms with Crippen molar-refractivity contribution in [2.24, 2.45) is 0 Å². The standard InChI is InChI=1S/C16H20BFO4/c18-14-8-11-10-22-17(21)13(11)9-12(14)15(19)4-7-16(20)5-2-1-3-6-16/h8-9,20-21H,1-7,10H2. The molecule has 1 saturated carbocycles. The molecule has 0 spiro atoms. The van der Waals surface area contributed by atoms with E-state index in [2.05, 4.69) is 0 Å². The molecule has 0 radical (unpaired) electrons. The molecule has 1 fully saturated rings. The number of carbonyl (C=O) groups is 1. The summed E-state index contributed by atoms with van der Waals surface area (Å²) in [4.78, 5) is 12.3. The molecule has 0 unspecified atom stereocenters. The normalized spacial score (nSPS) is 20.0. The number of rotatable bonds is 4. The fraction of sp³-hybridized carbons (Fsp3) is 0.562. The van der Waals surface area contributed by atoms with Gasteiger partial charge in [-0.25, -0.2) is 4.39 Å². The summed E-state index contributed by atoms with van der Waals surface area (Å²) >= 11 is 0. The van der Waals surface area contributed by atoms with Crippen LogP contribution >= 0.6 is 0 Å². The molecule has 3 rings (SSSR count). The second kappa shape index (κ2) is 6.10. The van der Waals surface area contributed by atoms with Gasteiger partial charge in [-0.15, -0.1) is 0 Å². The third kappa shape index (κ3) is 3.09. The number of aliphatic hydroxyl groups is 1. The Bertz CT molecular complexity index is 584. The van der Waals surface area contributed by atoms with E-state index in [1.54, 1.807) is 0 Å². The molecule has 2 aliphatic rings. The molecule has 0 bridgehead atoms. The Labute approximate surface area is 129 Å². The van der Waals surface area contributed by atoms with E-state index in [0.29, 0.717) is 30.3 Å². The highest BCUT2D eigenvalue weighted by atomic mass is 19.1. The Morgan fingerprint density at radius 1 is 1.32 bits per heavy atom. The lowest BCUT2D eigenvalue weighted by Gasteiger charge is -2.31. The lowest BCUT2D eigenvalue weighted by Crippen LogP contribution is -2.32. The van der Waals surface area contributed by atoms with Crippen LogP contribution in [0.15, 0.2) is 12.1 Å². The maximum atomic E-state index is 14.1. The Hall–Kier alpha value is -1.24. The number of benzene rings is 1. The van der Waals surface area contributed by atoms with Gasteiger partial charge in [-0.2, -0.15) is 0 Å². The Balaban J connectivity index is 1.71. The molecule has 6 heteroatoms. The molecule has 1 aliphatic heterocycles. The molecule has 1 aliphatic carbocycles. The van der Waals surface area contributed by atoms with Crippen LogP contribution in [0.1, 0.15) is 60.9 Å². The molecular formula is C16H20BFO4. The van der Waals surface area contributed by atoms with E-state index < -0.39 is 18.5 Å². The van der Waals surface area contributed by atoms with E-state index in [0.717, 1.165) is 19.3 Å². The van der Waals surface area contributed by atoms with E-state index in [9.17, 15) is 19.3 Å². The summed E-state index contributed by atoms with van der Waals surface area (Å²) in [6, 6.07) is 2.64. The van der Waals surface area contributed by atoms with Crippen molar-refractivity contribution in [3.05, 3.63) is 29.1 Å². The van der Waals surface area contributed by atoms with Crippen molar-refractivity contribution >= 4 is 18.4 Å². The van der Waals surface area contributed by atoms with E-state index in [1.807, 2.05) is 0 Å². The quantitative estimate of drug-likeness (QED) is 0.656. The SMILES string of the molecule is O=C(CCC1(O)CCCCC1)c1cc2c(cc1F)COB2O. The average Bonchev–Trinajstić information content (AvgIpc) is 2.85. The zero-order valence-corrected chi connectivity index (χ0v) is 12.5. The lowest BCUT2D eigenvalue weighted by atomic mass is 9.77. The van der Waals surface area contributed by atoms with Crippen molar-refractivity contribution in [1.29, 1.82) is 0 Å². The van der Waals surface area contributed by atoms with Gasteiger partial charge in [0.1, 0.15) is 5.82 Å². The summed E-state index contributed by atoms with van der Waals surface area (Å²) in [6.45, 7) is 0.154. The van der Waals surface area contributed by atoms with Crippen LogP contribution in [-0.2, 0) is 11.3 Å². The van der Waals surface area contributed by atoms with Crippen LogP contribution in [0.3, 0.4) is 0 Å². The molecule has 1 aromatic rings. The minimum absolute atomic E-state index is 0.0253. The second-order valence-corrected chi connectivity index (χ2v) is 6.40. The molecule has 1 heterocycles. The number of ketones is 1. The van der Waals surface area contributed by atoms with Crippen LogP contribution in [0.5, 0.6) is 0 Å². The number of halogens is 1. The molecule has 1 aromatic carbocycles. The maximum Gasteiger partial charge on any atom is 0.491 e. The second-order valence-electron chi connectivity index (χ2n) is 6.40. The molecule has 22 heavy (non-hydrogen) atoms. The van der Waals surface area contributed by atoms with Gasteiger partial charge in [0.05, 0.1) is 17.8 Å². The third-order valence-corrected chi connectivity index (χ3v) is 4.79. The maximum absolute atomic E-state index is 14.1. The summed E-state index contributed by atoms with van der Waals surface area (Å²) in [5, 5.41) is 20.1. The number of fused-ring (bicyclic) bond motifs is 1. The van der Waals surface area contributed by atoms with Gasteiger partial charge in [0.2, 0.25) is 0 Å². The Kier molecular flexibility index (Phi) is 4.34. The highest BCUT2D eigenvalue weighted by molar-refractivity contribution is 6.61. The predicted octanol–water partition coefficient (Wildman–Crippen LogP) is 1.70. The molecule has 4 nitrogen and oxygen atoms in total. The third-order valence-electron chi connectivity index (χ3n) is 4.79. The average molecular weight is 306 g/mol. The van der Waals surface area contributed by atoms with Crippen molar-refractivity contribution < 1.29 is 24.0 Å². The Morgan fingerprint density at radius 2 is 2.05 bits per heavy atom. The summed E-state index contributed by atoms with van der Waals surface area (Å²) in [6.07, 6.45) is 4.96. The summed E-state index contributed by atoms with van der Waals surface area (Å²) in [5.41, 5.74) is 0.223. The van der Waals surface area contributed by atoms with Crippen molar-refractivity contribution in [2.75, 3.05) is 0 Å². The van der Waals surface area contributed by atoms with Crippen LogP contribution in [0.2, 0.25) is 0 Å². The number of Topliss-reactive ketones (excluding diaryl/α,β-unsaturated/α-hetero) is 1. The fourth-order valence-corrected chi connectivity index (χ4v) is 3.40. The van der Waals surface area contributed by atoms with Crippen molar-refractivity contribution in [3.8, 4) is 0 Å². The topological polar surface area (TPSA) is 66.8 Å². The first-order valence-electron chi connectivity index (χ1n) is 7.86. The summed E-state index contributed by atoms with van der Waals surface area (Å²) in [7, 11) is -1.09. The van der Waals surface area contributed by atoms with Gasteiger partial charge in [-0.05, 0) is 42.4 Å². The number of hydrogen-bond acceptors (Lipinski definition) is 4. The molecule has 2 N–H and O–H groups in total. The first-order chi connectivity index (χ1) is 10.5. The monoisotopic (exact) mass is 306 g/mol. The molecule has 0 atom stereocenters. The van der Waals surface area contributed by atoms with Gasteiger partial charge in [-0.3, -0.25) is 4.79 Å². The summed E-state index contributed by atoms with van der Waals surface area (Å²) in [5.74, 6) is -0.921. The van der Waals surface area contributed by atoms with Crippen LogP contribution < -0.4 is 5.46 Å². The minimum Gasteiger partial charge on any atom is -0.423 e. The van der Waals surface area contributed by atoms with Crippen molar-refractivity contribution in [2.45, 2.75) is 57.2 Å². The zero-order chi connectivity index (χ0) is 15.7. The van der Waals surface area contributed by atoms with Crippen LogP contribution in [0, 0.1) is 5.82 Å². The van der Waals surface area contributed by atoms with Crippen LogP contribution in [0.4, 0.5) is 4.39 Å². The molecule has 0 amide bonds. The zero-order valence-electron chi connectivity index (χ0n) is 12.5. The number of carbonyl (C=O) groups excluding carboxylic acids is 1. The van der Waals surface area contributed by atoms with Crippen LogP contribution in [-0.4, -0.2) is 28.6 Å². The fourth-order valence-electron chi connectivity index (χ4n) is 3.40. The van der Waals surface area contributed by atoms with Gasteiger partial charge < -0.3 is 14.8 Å². The van der Waals surface area contributed by atoms with Gasteiger partial charge >= 0.3 is 7.12 Å². The first-order valence-corrected chi connectivity index (χ1v) is 7.86. The predicted molar refractivity (Wildman–Crippen MR) is 80.4 cm³/mol.